The van der Waals surface area contributed by atoms with Gasteiger partial charge in [0.1, 0.15) is 5.71 Å². The molecule has 1 aliphatic rings. The number of nitrogens with zero attached hydrogens (tertiary/aromatic N) is 3. The number of carboxylic acids is 1. The van der Waals surface area contributed by atoms with Crippen LogP contribution < -0.4 is 5.01 Å². The fourth-order valence-corrected chi connectivity index (χ4v) is 2.56. The van der Waals surface area contributed by atoms with Crippen LogP contribution in [0.3, 0.4) is 0 Å². The van der Waals surface area contributed by atoms with Gasteiger partial charge in [-0.25, -0.2) is 4.79 Å². The molecular weight excluding hydrogens is 298 g/mol. The number of anilines is 1. The van der Waals surface area contributed by atoms with E-state index in [4.69, 9.17) is 0 Å². The molecule has 0 aromatic heterocycles. The molecule has 1 atom stereocenters. The lowest BCUT2D eigenvalue weighted by Gasteiger charge is -2.23. The first-order valence-corrected chi connectivity index (χ1v) is 6.95. The average molecular weight is 311 g/mol. The third-order valence-electron chi connectivity index (χ3n) is 3.65. The second-order valence-electron chi connectivity index (χ2n) is 5.10. The van der Waals surface area contributed by atoms with E-state index >= 15 is 0 Å². The van der Waals surface area contributed by atoms with Crippen molar-refractivity contribution in [3.63, 3.8) is 0 Å². The molecule has 3 rings (SSSR count). The molecule has 0 fully saturated rings. The maximum Gasteiger partial charge on any atom is 0.352 e. The summed E-state index contributed by atoms with van der Waals surface area (Å²) in [5, 5.41) is 25.8. The molecule has 116 valence electrons. The highest BCUT2D eigenvalue weighted by molar-refractivity contribution is 6.36. The van der Waals surface area contributed by atoms with E-state index in [0.29, 0.717) is 5.69 Å². The minimum atomic E-state index is -1.08. The van der Waals surface area contributed by atoms with Crippen molar-refractivity contribution in [2.24, 2.45) is 5.10 Å². The van der Waals surface area contributed by atoms with Crippen molar-refractivity contribution in [1.29, 1.82) is 0 Å². The molecular formula is C16H13N3O4. The first-order valence-electron chi connectivity index (χ1n) is 6.95. The number of hydrazone groups is 1. The van der Waals surface area contributed by atoms with Crippen LogP contribution in [-0.2, 0) is 4.79 Å². The summed E-state index contributed by atoms with van der Waals surface area (Å²) >= 11 is 0. The molecule has 1 heterocycles. The SMILES string of the molecule is O=C(O)C1=NN(c2cccc([N+](=O)[O-])c2)[C@H](c2ccccc2)C1. The van der Waals surface area contributed by atoms with E-state index in [1.54, 1.807) is 12.1 Å². The molecule has 2 aromatic rings. The molecule has 0 spiro atoms. The molecule has 7 nitrogen and oxygen atoms in total. The summed E-state index contributed by atoms with van der Waals surface area (Å²) in [7, 11) is 0. The Bertz CT molecular complexity index is 789. The smallest absolute Gasteiger partial charge is 0.352 e. The number of carbonyl (C=O) groups is 1. The minimum Gasteiger partial charge on any atom is -0.477 e. The molecule has 1 N–H and O–H groups in total. The van der Waals surface area contributed by atoms with Crippen molar-refractivity contribution in [3.05, 3.63) is 70.3 Å². The number of hydrogen-bond donors (Lipinski definition) is 1. The predicted octanol–water partition coefficient (Wildman–Crippen LogP) is 2.99. The first kappa shape index (κ1) is 14.7. The van der Waals surface area contributed by atoms with E-state index in [-0.39, 0.29) is 23.9 Å². The number of rotatable bonds is 4. The number of carboxylic acid groups (broad SMARTS) is 1. The summed E-state index contributed by atoms with van der Waals surface area (Å²) in [6, 6.07) is 15.1. The van der Waals surface area contributed by atoms with Gasteiger partial charge in [-0.2, -0.15) is 5.10 Å². The molecule has 0 aliphatic carbocycles. The van der Waals surface area contributed by atoms with Gasteiger partial charge in [-0.3, -0.25) is 15.1 Å². The molecule has 1 aliphatic heterocycles. The van der Waals surface area contributed by atoms with E-state index in [9.17, 15) is 20.0 Å². The first-order chi connectivity index (χ1) is 11.1. The summed E-state index contributed by atoms with van der Waals surface area (Å²) in [6.45, 7) is 0. The van der Waals surface area contributed by atoms with Crippen LogP contribution in [0.2, 0.25) is 0 Å². The molecule has 0 saturated carbocycles. The topological polar surface area (TPSA) is 96.0 Å². The highest BCUT2D eigenvalue weighted by Crippen LogP contribution is 2.36. The Morgan fingerprint density at radius 1 is 1.22 bits per heavy atom. The highest BCUT2D eigenvalue weighted by Gasteiger charge is 2.32. The second-order valence-corrected chi connectivity index (χ2v) is 5.10. The van der Waals surface area contributed by atoms with E-state index < -0.39 is 10.9 Å². The van der Waals surface area contributed by atoms with Crippen molar-refractivity contribution in [1.82, 2.24) is 0 Å². The van der Waals surface area contributed by atoms with Gasteiger partial charge in [-0.05, 0) is 11.6 Å². The van der Waals surface area contributed by atoms with Crippen molar-refractivity contribution in [3.8, 4) is 0 Å². The second kappa shape index (κ2) is 5.88. The Balaban J connectivity index is 2.03. The standard InChI is InChI=1S/C16H13N3O4/c20-16(21)14-10-15(11-5-2-1-3-6-11)18(17-14)12-7-4-8-13(9-12)19(22)23/h1-9,15H,10H2,(H,20,21)/t15-/m0/s1. The summed E-state index contributed by atoms with van der Waals surface area (Å²) in [6.07, 6.45) is 0.238. The van der Waals surface area contributed by atoms with Gasteiger partial charge < -0.3 is 5.11 Å². The predicted molar refractivity (Wildman–Crippen MR) is 84.4 cm³/mol. The van der Waals surface area contributed by atoms with E-state index in [0.717, 1.165) is 5.56 Å². The van der Waals surface area contributed by atoms with Crippen molar-refractivity contribution in [2.45, 2.75) is 12.5 Å². The number of nitro benzene ring substituents is 1. The fraction of sp³-hybridized carbons (Fsp3) is 0.125. The third kappa shape index (κ3) is 2.89. The van der Waals surface area contributed by atoms with Crippen molar-refractivity contribution >= 4 is 23.1 Å². The maximum atomic E-state index is 11.3. The Hall–Kier alpha value is -3.22. The fourth-order valence-electron chi connectivity index (χ4n) is 2.56. The molecule has 23 heavy (non-hydrogen) atoms. The molecule has 0 bridgehead atoms. The maximum absolute atomic E-state index is 11.3. The van der Waals surface area contributed by atoms with Crippen LogP contribution >= 0.6 is 0 Å². The van der Waals surface area contributed by atoms with Crippen LogP contribution in [0.5, 0.6) is 0 Å². The van der Waals surface area contributed by atoms with Gasteiger partial charge in [0.15, 0.2) is 0 Å². The number of nitro groups is 1. The van der Waals surface area contributed by atoms with Gasteiger partial charge in [-0.1, -0.05) is 36.4 Å². The minimum absolute atomic E-state index is 0.0327. The highest BCUT2D eigenvalue weighted by atomic mass is 16.6. The quantitative estimate of drug-likeness (QED) is 0.691. The van der Waals surface area contributed by atoms with Crippen LogP contribution in [-0.4, -0.2) is 21.7 Å². The molecule has 0 amide bonds. The zero-order valence-electron chi connectivity index (χ0n) is 12.0. The molecule has 0 radical (unpaired) electrons. The number of benzene rings is 2. The summed E-state index contributed by atoms with van der Waals surface area (Å²) in [5.74, 6) is -1.08. The Morgan fingerprint density at radius 3 is 2.61 bits per heavy atom. The van der Waals surface area contributed by atoms with E-state index in [1.165, 1.54) is 17.1 Å². The van der Waals surface area contributed by atoms with Gasteiger partial charge in [0.2, 0.25) is 0 Å². The Kier molecular flexibility index (Phi) is 3.76. The summed E-state index contributed by atoms with van der Waals surface area (Å²) in [5.41, 5.74) is 1.36. The van der Waals surface area contributed by atoms with Gasteiger partial charge in [0.05, 0.1) is 16.7 Å². The van der Waals surface area contributed by atoms with Gasteiger partial charge in [0.25, 0.3) is 5.69 Å². The summed E-state index contributed by atoms with van der Waals surface area (Å²) < 4.78 is 0. The van der Waals surface area contributed by atoms with Gasteiger partial charge in [-0.15, -0.1) is 0 Å². The molecule has 2 aromatic carbocycles. The summed E-state index contributed by atoms with van der Waals surface area (Å²) in [4.78, 5) is 21.7. The average Bonchev–Trinajstić information content (AvgIpc) is 3.01. The number of non-ortho nitro benzene ring substituents is 1. The van der Waals surface area contributed by atoms with Crippen molar-refractivity contribution in [2.75, 3.05) is 5.01 Å². The van der Waals surface area contributed by atoms with Gasteiger partial charge in [0, 0.05) is 18.6 Å². The molecule has 7 heteroatoms. The van der Waals surface area contributed by atoms with E-state index in [1.807, 2.05) is 30.3 Å². The Morgan fingerprint density at radius 2 is 1.96 bits per heavy atom. The number of aliphatic carboxylic acids is 1. The normalized spacial score (nSPS) is 17.0. The lowest BCUT2D eigenvalue weighted by Crippen LogP contribution is -2.18. The lowest BCUT2D eigenvalue weighted by atomic mass is 10.0. The van der Waals surface area contributed by atoms with Crippen molar-refractivity contribution < 1.29 is 14.8 Å². The zero-order chi connectivity index (χ0) is 16.4. The van der Waals surface area contributed by atoms with Crippen LogP contribution in [0.15, 0.2) is 59.7 Å². The monoisotopic (exact) mass is 311 g/mol. The van der Waals surface area contributed by atoms with Crippen LogP contribution in [0, 0.1) is 10.1 Å². The molecule has 0 saturated heterocycles. The van der Waals surface area contributed by atoms with Crippen LogP contribution in [0.25, 0.3) is 0 Å². The number of hydrogen-bond acceptors (Lipinski definition) is 5. The van der Waals surface area contributed by atoms with Crippen LogP contribution in [0.4, 0.5) is 11.4 Å². The van der Waals surface area contributed by atoms with E-state index in [2.05, 4.69) is 5.10 Å². The zero-order valence-corrected chi connectivity index (χ0v) is 12.0. The largest absolute Gasteiger partial charge is 0.477 e. The molecule has 0 unspecified atom stereocenters. The lowest BCUT2D eigenvalue weighted by molar-refractivity contribution is -0.384. The Labute approximate surface area is 131 Å². The van der Waals surface area contributed by atoms with Gasteiger partial charge >= 0.3 is 5.97 Å². The third-order valence-corrected chi connectivity index (χ3v) is 3.65. The van der Waals surface area contributed by atoms with Crippen LogP contribution in [0.1, 0.15) is 18.0 Å².